The predicted octanol–water partition coefficient (Wildman–Crippen LogP) is 1.44. The van der Waals surface area contributed by atoms with E-state index in [1.54, 1.807) is 6.07 Å². The topological polar surface area (TPSA) is 57.7 Å². The van der Waals surface area contributed by atoms with Gasteiger partial charge >= 0.3 is 0 Å². The monoisotopic (exact) mass is 368 g/mol. The van der Waals surface area contributed by atoms with Gasteiger partial charge < -0.3 is 4.90 Å². The van der Waals surface area contributed by atoms with E-state index >= 15 is 0 Å². The lowest BCUT2D eigenvalue weighted by Crippen LogP contribution is -2.57. The Morgan fingerprint density at radius 2 is 1.88 bits per heavy atom. The van der Waals surface area contributed by atoms with Crippen molar-refractivity contribution in [3.8, 4) is 0 Å². The lowest BCUT2D eigenvalue weighted by Gasteiger charge is -2.46. The van der Waals surface area contributed by atoms with Gasteiger partial charge in [-0.15, -0.1) is 0 Å². The Morgan fingerprint density at radius 1 is 1.20 bits per heavy atom. The molecule has 7 heteroatoms. The lowest BCUT2D eigenvalue weighted by molar-refractivity contribution is -0.142. The number of amides is 1. The molecule has 1 saturated carbocycles. The van der Waals surface area contributed by atoms with Crippen LogP contribution in [-0.2, 0) is 20.0 Å². The molecule has 2 fully saturated rings. The Hall–Kier alpha value is -1.47. The first-order chi connectivity index (χ1) is 11.8. The van der Waals surface area contributed by atoms with Crippen molar-refractivity contribution in [3.63, 3.8) is 0 Å². The molecule has 0 atom stereocenters. The van der Waals surface area contributed by atoms with Gasteiger partial charge in [-0.3, -0.25) is 9.69 Å². The molecule has 0 N–H and O–H groups in total. The highest BCUT2D eigenvalue weighted by Crippen LogP contribution is 2.45. The number of piperazine rings is 1. The van der Waals surface area contributed by atoms with Gasteiger partial charge in [0.05, 0.1) is 11.2 Å². The fraction of sp³-hybridized carbons (Fsp3) is 0.611. The lowest BCUT2D eigenvalue weighted by atomic mass is 9.63. The minimum absolute atomic E-state index is 0.0899. The van der Waals surface area contributed by atoms with E-state index < -0.39 is 15.3 Å². The first-order valence-corrected chi connectivity index (χ1v) is 10.8. The third-order valence-electron chi connectivity index (χ3n) is 5.43. The molecule has 0 radical (unpaired) electrons. The summed E-state index contributed by atoms with van der Waals surface area (Å²) in [7, 11) is -2.97. The van der Waals surface area contributed by atoms with E-state index in [2.05, 4.69) is 4.90 Å². The number of carbonyl (C=O) groups excluding carboxylic acids is 1. The summed E-state index contributed by atoms with van der Waals surface area (Å²) in [5.41, 5.74) is 0.208. The minimum Gasteiger partial charge on any atom is -0.339 e. The van der Waals surface area contributed by atoms with Crippen molar-refractivity contribution in [1.29, 1.82) is 0 Å². The Kier molecular flexibility index (Phi) is 5.16. The third-order valence-corrected chi connectivity index (χ3v) is 6.36. The minimum atomic E-state index is -2.97. The second-order valence-electron chi connectivity index (χ2n) is 7.21. The average Bonchev–Trinajstić information content (AvgIpc) is 2.52. The highest BCUT2D eigenvalue weighted by Gasteiger charge is 2.48. The van der Waals surface area contributed by atoms with Gasteiger partial charge in [0.2, 0.25) is 5.91 Å². The van der Waals surface area contributed by atoms with Crippen molar-refractivity contribution < 1.29 is 17.6 Å². The predicted molar refractivity (Wildman–Crippen MR) is 94.7 cm³/mol. The summed E-state index contributed by atoms with van der Waals surface area (Å²) in [5, 5.41) is 0. The van der Waals surface area contributed by atoms with Crippen molar-refractivity contribution in [2.24, 2.45) is 0 Å². The van der Waals surface area contributed by atoms with Crippen LogP contribution in [0.4, 0.5) is 4.39 Å². The van der Waals surface area contributed by atoms with Crippen LogP contribution in [0.1, 0.15) is 24.8 Å². The zero-order valence-electron chi connectivity index (χ0n) is 14.6. The van der Waals surface area contributed by atoms with Gasteiger partial charge in [-0.25, -0.2) is 12.8 Å². The molecule has 25 heavy (non-hydrogen) atoms. The van der Waals surface area contributed by atoms with E-state index in [0.29, 0.717) is 32.7 Å². The molecule has 0 spiro atoms. The number of carbonyl (C=O) groups is 1. The molecule has 2 aliphatic rings. The second-order valence-corrected chi connectivity index (χ2v) is 9.47. The van der Waals surface area contributed by atoms with Gasteiger partial charge in [0.15, 0.2) is 0 Å². The maximum Gasteiger partial charge on any atom is 0.233 e. The van der Waals surface area contributed by atoms with Crippen molar-refractivity contribution >= 4 is 15.7 Å². The molecule has 1 amide bonds. The molecule has 1 saturated heterocycles. The molecule has 0 aromatic heterocycles. The summed E-state index contributed by atoms with van der Waals surface area (Å²) in [6, 6.07) is 6.41. The van der Waals surface area contributed by atoms with Crippen molar-refractivity contribution in [3.05, 3.63) is 35.6 Å². The van der Waals surface area contributed by atoms with E-state index in [1.165, 1.54) is 18.4 Å². The average molecular weight is 368 g/mol. The van der Waals surface area contributed by atoms with Crippen LogP contribution in [0, 0.1) is 5.82 Å². The highest BCUT2D eigenvalue weighted by molar-refractivity contribution is 7.90. The van der Waals surface area contributed by atoms with Crippen LogP contribution in [0.15, 0.2) is 24.3 Å². The molecule has 1 aromatic carbocycles. The standard InChI is InChI=1S/C18H25FN2O3S/c1-25(23,24)13-12-20-8-10-21(11-9-20)17(22)18(6-3-7-18)15-4-2-5-16(19)14-15/h2,4-5,14H,3,6-13H2,1H3. The number of hydrogen-bond donors (Lipinski definition) is 0. The van der Waals surface area contributed by atoms with Crippen molar-refractivity contribution in [2.75, 3.05) is 44.7 Å². The molecule has 0 unspecified atom stereocenters. The Morgan fingerprint density at radius 3 is 2.40 bits per heavy atom. The molecular weight excluding hydrogens is 343 g/mol. The number of benzene rings is 1. The summed E-state index contributed by atoms with van der Waals surface area (Å²) in [6.45, 7) is 3.07. The van der Waals surface area contributed by atoms with Crippen LogP contribution in [0.2, 0.25) is 0 Å². The van der Waals surface area contributed by atoms with Crippen molar-refractivity contribution in [2.45, 2.75) is 24.7 Å². The van der Waals surface area contributed by atoms with E-state index in [4.69, 9.17) is 0 Å². The van der Waals surface area contributed by atoms with Crippen LogP contribution < -0.4 is 0 Å². The van der Waals surface area contributed by atoms with E-state index in [9.17, 15) is 17.6 Å². The summed E-state index contributed by atoms with van der Waals surface area (Å²) in [4.78, 5) is 17.1. The Labute approximate surface area is 148 Å². The zero-order valence-corrected chi connectivity index (χ0v) is 15.4. The summed E-state index contributed by atoms with van der Waals surface area (Å²) < 4.78 is 36.2. The quantitative estimate of drug-likeness (QED) is 0.789. The Balaban J connectivity index is 1.64. The molecule has 1 aliphatic heterocycles. The van der Waals surface area contributed by atoms with E-state index in [0.717, 1.165) is 24.8 Å². The summed E-state index contributed by atoms with van der Waals surface area (Å²) in [5.74, 6) is -0.0666. The number of hydrogen-bond acceptors (Lipinski definition) is 4. The van der Waals surface area contributed by atoms with E-state index in [1.807, 2.05) is 11.0 Å². The smallest absolute Gasteiger partial charge is 0.233 e. The maximum atomic E-state index is 13.6. The van der Waals surface area contributed by atoms with Crippen LogP contribution in [0.3, 0.4) is 0 Å². The van der Waals surface area contributed by atoms with Crippen LogP contribution in [-0.4, -0.2) is 68.9 Å². The fourth-order valence-corrected chi connectivity index (χ4v) is 4.30. The molecule has 0 bridgehead atoms. The SMILES string of the molecule is CS(=O)(=O)CCN1CCN(C(=O)C2(c3cccc(F)c3)CCC2)CC1. The molecule has 1 aromatic rings. The summed E-state index contributed by atoms with van der Waals surface area (Å²) in [6.07, 6.45) is 3.76. The Bertz CT molecular complexity index is 738. The first kappa shape index (κ1) is 18.3. The van der Waals surface area contributed by atoms with Crippen LogP contribution in [0.25, 0.3) is 0 Å². The van der Waals surface area contributed by atoms with Gasteiger partial charge in [-0.05, 0) is 30.5 Å². The maximum absolute atomic E-state index is 13.6. The van der Waals surface area contributed by atoms with Gasteiger partial charge in [-0.2, -0.15) is 0 Å². The molecule has 1 heterocycles. The number of halogens is 1. The number of rotatable bonds is 5. The number of nitrogens with zero attached hydrogens (tertiary/aromatic N) is 2. The number of sulfone groups is 1. The summed E-state index contributed by atoms with van der Waals surface area (Å²) >= 11 is 0. The van der Waals surface area contributed by atoms with Crippen molar-refractivity contribution in [1.82, 2.24) is 9.80 Å². The largest absolute Gasteiger partial charge is 0.339 e. The third kappa shape index (κ3) is 4.03. The molecule has 5 nitrogen and oxygen atoms in total. The van der Waals surface area contributed by atoms with Gasteiger partial charge in [0.1, 0.15) is 15.7 Å². The highest BCUT2D eigenvalue weighted by atomic mass is 32.2. The molecule has 138 valence electrons. The van der Waals surface area contributed by atoms with Gasteiger partial charge in [0, 0.05) is 39.0 Å². The van der Waals surface area contributed by atoms with Crippen LogP contribution in [0.5, 0.6) is 0 Å². The van der Waals surface area contributed by atoms with Gasteiger partial charge in [-0.1, -0.05) is 18.6 Å². The van der Waals surface area contributed by atoms with E-state index in [-0.39, 0.29) is 17.5 Å². The normalized spacial score (nSPS) is 21.0. The fourth-order valence-electron chi connectivity index (χ4n) is 3.71. The zero-order chi connectivity index (χ0) is 18.1. The first-order valence-electron chi connectivity index (χ1n) is 8.76. The van der Waals surface area contributed by atoms with Gasteiger partial charge in [0.25, 0.3) is 0 Å². The van der Waals surface area contributed by atoms with Crippen LogP contribution >= 0.6 is 0 Å². The molecule has 3 rings (SSSR count). The molecule has 1 aliphatic carbocycles. The molecular formula is C18H25FN2O3S. The second kappa shape index (κ2) is 7.03.